The van der Waals surface area contributed by atoms with Crippen LogP contribution in [0.15, 0.2) is 18.2 Å². The SMILES string of the molecule is COc1ccc([C@H](C(C)C)[C@H](Cl)OC(=O)[C@H](C)NC(=O)OC(C)(C)C)c(C)c1. The van der Waals surface area contributed by atoms with Gasteiger partial charge in [0.05, 0.1) is 7.11 Å². The number of hydrogen-bond donors (Lipinski definition) is 1. The van der Waals surface area contributed by atoms with Crippen molar-refractivity contribution in [2.24, 2.45) is 5.92 Å². The van der Waals surface area contributed by atoms with Crippen LogP contribution < -0.4 is 10.1 Å². The van der Waals surface area contributed by atoms with Crippen molar-refractivity contribution in [3.63, 3.8) is 0 Å². The van der Waals surface area contributed by atoms with Gasteiger partial charge in [0.1, 0.15) is 17.4 Å². The first-order valence-electron chi connectivity index (χ1n) is 9.34. The van der Waals surface area contributed by atoms with Crippen LogP contribution in [0.3, 0.4) is 0 Å². The molecule has 6 nitrogen and oxygen atoms in total. The standard InChI is InChI=1S/C21H32ClNO5/c1-12(2)17(16-10-9-15(26-8)11-13(16)3)18(22)27-19(24)14(4)23-20(25)28-21(5,6)7/h9-12,14,17-18H,1-8H3,(H,23,25)/t14-,17-,18+/m0/s1. The van der Waals surface area contributed by atoms with Crippen LogP contribution in [0.25, 0.3) is 0 Å². The predicted molar refractivity (Wildman–Crippen MR) is 110 cm³/mol. The normalized spacial score (nSPS) is 14.8. The summed E-state index contributed by atoms with van der Waals surface area (Å²) in [5, 5.41) is 2.47. The molecule has 0 saturated heterocycles. The van der Waals surface area contributed by atoms with Crippen molar-refractivity contribution in [2.45, 2.75) is 71.6 Å². The minimum absolute atomic E-state index is 0.122. The van der Waals surface area contributed by atoms with Crippen molar-refractivity contribution < 1.29 is 23.8 Å². The summed E-state index contributed by atoms with van der Waals surface area (Å²) in [5.74, 6) is 0.0338. The quantitative estimate of drug-likeness (QED) is 0.515. The molecule has 1 aromatic carbocycles. The highest BCUT2D eigenvalue weighted by atomic mass is 35.5. The molecule has 0 aliphatic heterocycles. The molecule has 0 fully saturated rings. The molecule has 1 rings (SSSR count). The number of aryl methyl sites for hydroxylation is 1. The van der Waals surface area contributed by atoms with Crippen LogP contribution in [0.2, 0.25) is 0 Å². The van der Waals surface area contributed by atoms with Gasteiger partial charge in [0.25, 0.3) is 0 Å². The summed E-state index contributed by atoms with van der Waals surface area (Å²) >= 11 is 6.49. The predicted octanol–water partition coefficient (Wildman–Crippen LogP) is 4.76. The third-order valence-corrected chi connectivity index (χ3v) is 4.51. The number of esters is 1. The van der Waals surface area contributed by atoms with Crippen LogP contribution in [-0.4, -0.2) is 36.4 Å². The van der Waals surface area contributed by atoms with Gasteiger partial charge in [-0.25, -0.2) is 9.59 Å². The largest absolute Gasteiger partial charge is 0.497 e. The van der Waals surface area contributed by atoms with Crippen molar-refractivity contribution in [1.29, 1.82) is 0 Å². The number of halogens is 1. The fourth-order valence-electron chi connectivity index (χ4n) is 2.78. The number of rotatable bonds is 7. The maximum Gasteiger partial charge on any atom is 0.408 e. The molecule has 0 saturated carbocycles. The summed E-state index contributed by atoms with van der Waals surface area (Å²) in [6.45, 7) is 12.8. The molecule has 158 valence electrons. The maximum absolute atomic E-state index is 12.4. The lowest BCUT2D eigenvalue weighted by atomic mass is 9.86. The zero-order chi connectivity index (χ0) is 21.6. The lowest BCUT2D eigenvalue weighted by Crippen LogP contribution is -2.43. The third kappa shape index (κ3) is 7.23. The summed E-state index contributed by atoms with van der Waals surface area (Å²) in [7, 11) is 1.61. The van der Waals surface area contributed by atoms with E-state index in [1.807, 2.05) is 39.0 Å². The van der Waals surface area contributed by atoms with Crippen molar-refractivity contribution in [1.82, 2.24) is 5.32 Å². The van der Waals surface area contributed by atoms with E-state index in [-0.39, 0.29) is 11.8 Å². The summed E-state index contributed by atoms with van der Waals surface area (Å²) < 4.78 is 15.9. The van der Waals surface area contributed by atoms with Crippen LogP contribution in [0.1, 0.15) is 58.6 Å². The van der Waals surface area contributed by atoms with E-state index in [0.717, 1.165) is 16.9 Å². The molecular weight excluding hydrogens is 382 g/mol. The Kier molecular flexibility index (Phi) is 8.61. The summed E-state index contributed by atoms with van der Waals surface area (Å²) in [6.07, 6.45) is -0.686. The minimum atomic E-state index is -0.888. The first kappa shape index (κ1) is 24.1. The highest BCUT2D eigenvalue weighted by molar-refractivity contribution is 6.20. The molecule has 0 aliphatic rings. The Bertz CT molecular complexity index is 684. The summed E-state index contributed by atoms with van der Waals surface area (Å²) in [5.41, 5.74) is 0.440. The van der Waals surface area contributed by atoms with Gasteiger partial charge in [-0.15, -0.1) is 0 Å². The highest BCUT2D eigenvalue weighted by Crippen LogP contribution is 2.35. The number of benzene rings is 1. The van der Waals surface area contributed by atoms with E-state index in [1.54, 1.807) is 27.9 Å². The third-order valence-electron chi connectivity index (χ3n) is 4.15. The number of alkyl halides is 1. The Balaban J connectivity index is 2.85. The topological polar surface area (TPSA) is 73.9 Å². The number of methoxy groups -OCH3 is 1. The molecule has 1 aromatic rings. The van der Waals surface area contributed by atoms with Gasteiger partial charge in [-0.2, -0.15) is 0 Å². The fraction of sp³-hybridized carbons (Fsp3) is 0.619. The van der Waals surface area contributed by atoms with Crippen LogP contribution >= 0.6 is 11.6 Å². The Hall–Kier alpha value is -1.95. The van der Waals surface area contributed by atoms with Crippen molar-refractivity contribution >= 4 is 23.7 Å². The monoisotopic (exact) mass is 413 g/mol. The lowest BCUT2D eigenvalue weighted by molar-refractivity contribution is -0.148. The molecule has 7 heteroatoms. The van der Waals surface area contributed by atoms with Crippen LogP contribution in [0.4, 0.5) is 4.79 Å². The molecule has 0 heterocycles. The van der Waals surface area contributed by atoms with E-state index in [2.05, 4.69) is 5.32 Å². The Morgan fingerprint density at radius 1 is 1.14 bits per heavy atom. The van der Waals surface area contributed by atoms with Crippen LogP contribution in [0, 0.1) is 12.8 Å². The van der Waals surface area contributed by atoms with Gasteiger partial charge in [-0.05, 0) is 63.8 Å². The van der Waals surface area contributed by atoms with E-state index in [4.69, 9.17) is 25.8 Å². The van der Waals surface area contributed by atoms with E-state index in [0.29, 0.717) is 0 Å². The molecule has 28 heavy (non-hydrogen) atoms. The number of alkyl carbamates (subject to hydrolysis) is 1. The molecule has 3 atom stereocenters. The Morgan fingerprint density at radius 2 is 1.75 bits per heavy atom. The van der Waals surface area contributed by atoms with Crippen molar-refractivity contribution in [3.05, 3.63) is 29.3 Å². The van der Waals surface area contributed by atoms with E-state index >= 15 is 0 Å². The molecule has 1 N–H and O–H groups in total. The van der Waals surface area contributed by atoms with Gasteiger partial charge in [0.15, 0.2) is 5.56 Å². The highest BCUT2D eigenvalue weighted by Gasteiger charge is 2.31. The molecule has 1 amide bonds. The van der Waals surface area contributed by atoms with E-state index < -0.39 is 29.3 Å². The lowest BCUT2D eigenvalue weighted by Gasteiger charge is -2.28. The van der Waals surface area contributed by atoms with Gasteiger partial charge in [-0.1, -0.05) is 31.5 Å². The number of carbonyl (C=O) groups is 2. The van der Waals surface area contributed by atoms with Crippen LogP contribution in [0.5, 0.6) is 5.75 Å². The fourth-order valence-corrected chi connectivity index (χ4v) is 3.30. The molecule has 0 aromatic heterocycles. The zero-order valence-corrected chi connectivity index (χ0v) is 18.7. The minimum Gasteiger partial charge on any atom is -0.497 e. The number of ether oxygens (including phenoxy) is 3. The smallest absolute Gasteiger partial charge is 0.408 e. The number of amides is 1. The van der Waals surface area contributed by atoms with Gasteiger partial charge in [0, 0.05) is 5.92 Å². The van der Waals surface area contributed by atoms with Gasteiger partial charge in [-0.3, -0.25) is 0 Å². The van der Waals surface area contributed by atoms with E-state index in [1.165, 1.54) is 6.92 Å². The Labute approximate surface area is 172 Å². The molecule has 0 radical (unpaired) electrons. The second-order valence-corrected chi connectivity index (χ2v) is 8.58. The average Bonchev–Trinajstić information content (AvgIpc) is 2.54. The Morgan fingerprint density at radius 3 is 2.21 bits per heavy atom. The van der Waals surface area contributed by atoms with E-state index in [9.17, 15) is 9.59 Å². The summed E-state index contributed by atoms with van der Waals surface area (Å²) in [6, 6.07) is 4.82. The first-order valence-corrected chi connectivity index (χ1v) is 9.78. The average molecular weight is 414 g/mol. The summed E-state index contributed by atoms with van der Waals surface area (Å²) in [4.78, 5) is 24.2. The van der Waals surface area contributed by atoms with Crippen LogP contribution in [-0.2, 0) is 14.3 Å². The number of nitrogens with one attached hydrogen (secondary N) is 1. The van der Waals surface area contributed by atoms with Gasteiger partial charge >= 0.3 is 12.1 Å². The molecule has 0 bridgehead atoms. The molecule has 0 unspecified atom stereocenters. The number of hydrogen-bond acceptors (Lipinski definition) is 5. The molecule has 0 spiro atoms. The van der Waals surface area contributed by atoms with Crippen molar-refractivity contribution in [3.8, 4) is 5.75 Å². The zero-order valence-electron chi connectivity index (χ0n) is 18.0. The first-order chi connectivity index (χ1) is 12.9. The molecular formula is C21H32ClNO5. The number of carbonyl (C=O) groups excluding carboxylic acids is 2. The van der Waals surface area contributed by atoms with Gasteiger partial charge in [0.2, 0.25) is 0 Å². The second-order valence-electron chi connectivity index (χ2n) is 8.15. The maximum atomic E-state index is 12.4. The van der Waals surface area contributed by atoms with Crippen molar-refractivity contribution in [2.75, 3.05) is 7.11 Å². The molecule has 0 aliphatic carbocycles. The van der Waals surface area contributed by atoms with Gasteiger partial charge < -0.3 is 19.5 Å². The second kappa shape index (κ2) is 10.0.